The number of allylic oxidation sites excluding steroid dienone is 1. The fourth-order valence-electron chi connectivity index (χ4n) is 4.65. The number of anilines is 2. The predicted octanol–water partition coefficient (Wildman–Crippen LogP) is 2.43. The zero-order valence-electron chi connectivity index (χ0n) is 20.0. The van der Waals surface area contributed by atoms with Gasteiger partial charge in [0.15, 0.2) is 0 Å². The van der Waals surface area contributed by atoms with Crippen LogP contribution in [-0.2, 0) is 17.8 Å². The second kappa shape index (κ2) is 9.38. The minimum Gasteiger partial charge on any atom is -0.487 e. The summed E-state index contributed by atoms with van der Waals surface area (Å²) in [6.45, 7) is 8.27. The van der Waals surface area contributed by atoms with Crippen LogP contribution in [0.25, 0.3) is 0 Å². The molecule has 2 aromatic rings. The number of nitrogens with zero attached hydrogens (tertiary/aromatic N) is 4. The van der Waals surface area contributed by atoms with Crippen molar-refractivity contribution in [3.63, 3.8) is 0 Å². The molecule has 0 radical (unpaired) electrons. The van der Waals surface area contributed by atoms with Gasteiger partial charge in [-0.1, -0.05) is 0 Å². The molecular weight excluding hydrogens is 444 g/mol. The highest BCUT2D eigenvalue weighted by Gasteiger charge is 2.32. The third-order valence-corrected chi connectivity index (χ3v) is 6.32. The quantitative estimate of drug-likeness (QED) is 0.377. The molecule has 182 valence electrons. The molecule has 1 saturated heterocycles. The number of rotatable bonds is 6. The first-order valence-corrected chi connectivity index (χ1v) is 11.8. The number of ether oxygens (including phenoxy) is 1. The van der Waals surface area contributed by atoms with Crippen molar-refractivity contribution in [2.45, 2.75) is 32.4 Å². The van der Waals surface area contributed by atoms with Crippen LogP contribution in [0, 0.1) is 5.41 Å². The van der Waals surface area contributed by atoms with E-state index in [-0.39, 0.29) is 17.1 Å². The van der Waals surface area contributed by atoms with Crippen molar-refractivity contribution < 1.29 is 9.53 Å². The Morgan fingerprint density at radius 3 is 2.80 bits per heavy atom. The summed E-state index contributed by atoms with van der Waals surface area (Å²) in [5, 5.41) is 13.8. The number of aliphatic imine (C=N–C) groups is 1. The fourth-order valence-corrected chi connectivity index (χ4v) is 4.65. The smallest absolute Gasteiger partial charge is 0.261 e. The van der Waals surface area contributed by atoms with Gasteiger partial charge >= 0.3 is 0 Å². The van der Waals surface area contributed by atoms with Crippen LogP contribution in [0.15, 0.2) is 53.2 Å². The Morgan fingerprint density at radius 2 is 2.11 bits per heavy atom. The van der Waals surface area contributed by atoms with Crippen molar-refractivity contribution >= 4 is 29.7 Å². The lowest BCUT2D eigenvalue weighted by atomic mass is 10.0. The molecule has 4 N–H and O–H groups in total. The average Bonchev–Trinajstić information content (AvgIpc) is 3.46. The van der Waals surface area contributed by atoms with Gasteiger partial charge in [-0.15, -0.1) is 0 Å². The maximum absolute atomic E-state index is 13.2. The fraction of sp³-hybridized carbons (Fsp3) is 0.360. The van der Waals surface area contributed by atoms with Crippen LogP contribution in [0.3, 0.4) is 0 Å². The molecule has 3 aliphatic rings. The Kier molecular flexibility index (Phi) is 6.12. The van der Waals surface area contributed by atoms with Gasteiger partial charge in [-0.3, -0.25) is 9.69 Å². The van der Waals surface area contributed by atoms with Crippen LogP contribution in [0.4, 0.5) is 11.4 Å². The number of fused-ring (bicyclic) bond motifs is 1. The van der Waals surface area contributed by atoms with E-state index >= 15 is 0 Å². The summed E-state index contributed by atoms with van der Waals surface area (Å²) in [6, 6.07) is 4.05. The molecule has 10 heteroatoms. The molecular formula is C25H30N8O2. The first-order valence-electron chi connectivity index (χ1n) is 11.8. The minimum atomic E-state index is -0.384. The van der Waals surface area contributed by atoms with Crippen LogP contribution in [0.5, 0.6) is 5.75 Å². The number of benzene rings is 1. The molecule has 1 aromatic heterocycles. The first-order chi connectivity index (χ1) is 16.9. The molecule has 0 spiro atoms. The second-order valence-corrected chi connectivity index (χ2v) is 9.46. The minimum absolute atomic E-state index is 0.164. The van der Waals surface area contributed by atoms with E-state index in [2.05, 4.69) is 49.2 Å². The van der Waals surface area contributed by atoms with E-state index in [1.54, 1.807) is 24.7 Å². The van der Waals surface area contributed by atoms with Gasteiger partial charge in [-0.25, -0.2) is 9.98 Å². The summed E-state index contributed by atoms with van der Waals surface area (Å²) in [7, 11) is 0. The van der Waals surface area contributed by atoms with E-state index in [0.717, 1.165) is 68.2 Å². The maximum Gasteiger partial charge on any atom is 0.261 e. The zero-order chi connectivity index (χ0) is 24.4. The average molecular weight is 475 g/mol. The number of piperazine rings is 1. The van der Waals surface area contributed by atoms with Gasteiger partial charge in [0.25, 0.3) is 5.91 Å². The molecule has 0 aliphatic carbocycles. The Morgan fingerprint density at radius 1 is 1.29 bits per heavy atom. The molecule has 0 unspecified atom stereocenters. The van der Waals surface area contributed by atoms with E-state index in [0.29, 0.717) is 11.5 Å². The number of carbonyl (C=O) groups excluding carboxylic acids is 1. The molecule has 35 heavy (non-hydrogen) atoms. The standard InChI is InChI=1S/C25H30N8O2/c1-25(2)14-17-12-19(31-24(34)18(15-26)23-29-4-3-5-30-23)20(13-21(17)35-25)33-10-8-32(9-11-33)16-22-27-6-7-28-22/h3-7,12-13,15,26,29H,8-11,14,16H2,1-2H3,(H,27,28)(H,31,34)/b23-18-,26-15?. The van der Waals surface area contributed by atoms with E-state index in [9.17, 15) is 4.79 Å². The number of aromatic amines is 1. The van der Waals surface area contributed by atoms with Crippen LogP contribution < -0.4 is 20.3 Å². The number of hydrogen-bond acceptors (Lipinski definition) is 8. The molecule has 10 nitrogen and oxygen atoms in total. The highest BCUT2D eigenvalue weighted by Crippen LogP contribution is 2.42. The van der Waals surface area contributed by atoms with Gasteiger partial charge in [-0.2, -0.15) is 0 Å². The SMILES string of the molecule is CC1(C)Cc2cc(NC(=O)/C(C=N)=C3\N=CC=CN3)c(N3CCN(Cc4ncc[nH]4)CC3)cc2O1. The highest BCUT2D eigenvalue weighted by molar-refractivity contribution is 6.18. The number of amides is 1. The topological polar surface area (TPSA) is 122 Å². The Labute approximate surface area is 204 Å². The van der Waals surface area contributed by atoms with Crippen LogP contribution in [0.1, 0.15) is 25.2 Å². The van der Waals surface area contributed by atoms with Crippen molar-refractivity contribution in [2.75, 3.05) is 36.4 Å². The molecule has 0 bridgehead atoms. The van der Waals surface area contributed by atoms with Crippen LogP contribution in [-0.4, -0.2) is 65.0 Å². The number of hydrogen-bond donors (Lipinski definition) is 4. The molecule has 5 rings (SSSR count). The van der Waals surface area contributed by atoms with E-state index < -0.39 is 0 Å². The van der Waals surface area contributed by atoms with Gasteiger partial charge in [0.1, 0.15) is 23.0 Å². The van der Waals surface area contributed by atoms with Gasteiger partial charge in [0.2, 0.25) is 0 Å². The summed E-state index contributed by atoms with van der Waals surface area (Å²) >= 11 is 0. The Balaban J connectivity index is 1.39. The number of aromatic nitrogens is 2. The van der Waals surface area contributed by atoms with Gasteiger partial charge in [-0.05, 0) is 26.0 Å². The summed E-state index contributed by atoms with van der Waals surface area (Å²) in [4.78, 5) is 29.5. The largest absolute Gasteiger partial charge is 0.487 e. The molecule has 1 amide bonds. The Hall–Kier alpha value is -3.92. The lowest BCUT2D eigenvalue weighted by Gasteiger charge is -2.36. The van der Waals surface area contributed by atoms with E-state index in [1.165, 1.54) is 0 Å². The van der Waals surface area contributed by atoms with Crippen molar-refractivity contribution in [2.24, 2.45) is 4.99 Å². The zero-order valence-corrected chi connectivity index (χ0v) is 20.0. The predicted molar refractivity (Wildman–Crippen MR) is 136 cm³/mol. The third-order valence-electron chi connectivity index (χ3n) is 6.32. The van der Waals surface area contributed by atoms with Crippen molar-refractivity contribution in [3.8, 4) is 5.75 Å². The number of carbonyl (C=O) groups is 1. The summed E-state index contributed by atoms with van der Waals surface area (Å²) in [6.07, 6.45) is 10.4. The molecule has 1 fully saturated rings. The third kappa shape index (κ3) is 4.97. The van der Waals surface area contributed by atoms with Crippen LogP contribution >= 0.6 is 0 Å². The van der Waals surface area contributed by atoms with Gasteiger partial charge in [0, 0.05) is 75.3 Å². The summed E-state index contributed by atoms with van der Waals surface area (Å²) in [5.74, 6) is 1.78. The monoisotopic (exact) mass is 474 g/mol. The Bertz CT molecular complexity index is 1200. The van der Waals surface area contributed by atoms with E-state index in [4.69, 9.17) is 10.1 Å². The first kappa shape index (κ1) is 22.9. The number of nitrogens with one attached hydrogen (secondary N) is 4. The molecule has 1 aromatic carbocycles. The highest BCUT2D eigenvalue weighted by atomic mass is 16.5. The van der Waals surface area contributed by atoms with Crippen molar-refractivity contribution in [1.82, 2.24) is 20.2 Å². The number of H-pyrrole nitrogens is 1. The summed E-state index contributed by atoms with van der Waals surface area (Å²) in [5.41, 5.74) is 2.56. The number of imidazole rings is 1. The van der Waals surface area contributed by atoms with Gasteiger partial charge in [0.05, 0.1) is 23.5 Å². The normalized spacial score (nSPS) is 20.1. The van der Waals surface area contributed by atoms with Gasteiger partial charge < -0.3 is 30.7 Å². The summed E-state index contributed by atoms with van der Waals surface area (Å²) < 4.78 is 6.20. The second-order valence-electron chi connectivity index (χ2n) is 9.46. The van der Waals surface area contributed by atoms with Crippen molar-refractivity contribution in [3.05, 3.63) is 59.6 Å². The molecule has 0 saturated carbocycles. The molecule has 3 aliphatic heterocycles. The van der Waals surface area contributed by atoms with E-state index in [1.807, 2.05) is 18.3 Å². The lowest BCUT2D eigenvalue weighted by molar-refractivity contribution is -0.112. The van der Waals surface area contributed by atoms with Crippen molar-refractivity contribution in [1.29, 1.82) is 5.41 Å². The lowest BCUT2D eigenvalue weighted by Crippen LogP contribution is -2.46. The molecule has 4 heterocycles. The van der Waals surface area contributed by atoms with Crippen LogP contribution in [0.2, 0.25) is 0 Å². The maximum atomic E-state index is 13.2. The molecule has 0 atom stereocenters.